The lowest BCUT2D eigenvalue weighted by atomic mass is 9.90. The maximum absolute atomic E-state index is 12.5. The van der Waals surface area contributed by atoms with Gasteiger partial charge < -0.3 is 0 Å². The van der Waals surface area contributed by atoms with Crippen LogP contribution in [0.4, 0.5) is 0 Å². The molecule has 1 fully saturated rings. The lowest BCUT2D eigenvalue weighted by molar-refractivity contribution is 0.0829. The molecular weight excluding hydrogens is 310 g/mol. The molecule has 1 aliphatic heterocycles. The van der Waals surface area contributed by atoms with Crippen molar-refractivity contribution in [2.24, 2.45) is 5.92 Å². The molecule has 1 aromatic carbocycles. The molecule has 0 amide bonds. The summed E-state index contributed by atoms with van der Waals surface area (Å²) in [7, 11) is 0. The van der Waals surface area contributed by atoms with E-state index in [1.54, 1.807) is 6.20 Å². The molecule has 0 atom stereocenters. The van der Waals surface area contributed by atoms with E-state index in [0.29, 0.717) is 5.69 Å². The van der Waals surface area contributed by atoms with Gasteiger partial charge in [0.25, 0.3) is 0 Å². The van der Waals surface area contributed by atoms with Crippen LogP contribution in [-0.2, 0) is 6.54 Å². The molecule has 2 aromatic heterocycles. The first-order valence-corrected chi connectivity index (χ1v) is 8.81. The number of hydrogen-bond acceptors (Lipinski definition) is 4. The molecule has 1 saturated heterocycles. The van der Waals surface area contributed by atoms with Crippen LogP contribution in [0.15, 0.2) is 60.9 Å². The smallest absolute Gasteiger partial charge is 0.184 e. The normalized spacial score (nSPS) is 16.2. The zero-order valence-corrected chi connectivity index (χ0v) is 14.1. The quantitative estimate of drug-likeness (QED) is 0.684. The Morgan fingerprint density at radius 1 is 1.04 bits per heavy atom. The number of pyridine rings is 2. The van der Waals surface area contributed by atoms with Crippen molar-refractivity contribution in [3.05, 3.63) is 72.2 Å². The summed E-state index contributed by atoms with van der Waals surface area (Å²) in [5.74, 6) is 0.286. The van der Waals surface area contributed by atoms with Gasteiger partial charge in [-0.15, -0.1) is 0 Å². The number of para-hydroxylation sites is 1. The average Bonchev–Trinajstić information content (AvgIpc) is 2.69. The van der Waals surface area contributed by atoms with Crippen molar-refractivity contribution in [2.75, 3.05) is 13.1 Å². The SMILES string of the molecule is O=C(c1ccccn1)C1CCN(Cc2cnc3ccccc3c2)CC1. The number of likely N-dealkylation sites (tertiary alicyclic amines) is 1. The van der Waals surface area contributed by atoms with Gasteiger partial charge in [-0.1, -0.05) is 24.3 Å². The van der Waals surface area contributed by atoms with Gasteiger partial charge in [0.1, 0.15) is 5.69 Å². The first-order valence-electron chi connectivity index (χ1n) is 8.81. The van der Waals surface area contributed by atoms with E-state index in [4.69, 9.17) is 0 Å². The predicted octanol–water partition coefficient (Wildman–Crippen LogP) is 3.72. The summed E-state index contributed by atoms with van der Waals surface area (Å²) in [6.45, 7) is 2.77. The topological polar surface area (TPSA) is 46.1 Å². The number of hydrogen-bond donors (Lipinski definition) is 0. The van der Waals surface area contributed by atoms with Crippen LogP contribution in [0, 0.1) is 5.92 Å². The molecular formula is C21H21N3O. The molecule has 4 nitrogen and oxygen atoms in total. The van der Waals surface area contributed by atoms with Gasteiger partial charge in [-0.05, 0) is 55.8 Å². The number of fused-ring (bicyclic) bond motifs is 1. The second-order valence-corrected chi connectivity index (χ2v) is 6.67. The lowest BCUT2D eigenvalue weighted by Gasteiger charge is -2.31. The number of carbonyl (C=O) groups excluding carboxylic acids is 1. The molecule has 126 valence electrons. The number of aromatic nitrogens is 2. The molecule has 0 spiro atoms. The summed E-state index contributed by atoms with van der Waals surface area (Å²) in [6.07, 6.45) is 5.45. The van der Waals surface area contributed by atoms with Crippen LogP contribution < -0.4 is 0 Å². The summed E-state index contributed by atoms with van der Waals surface area (Å²) in [5, 5.41) is 1.18. The van der Waals surface area contributed by atoms with Crippen LogP contribution in [0.3, 0.4) is 0 Å². The molecule has 0 unspecified atom stereocenters. The summed E-state index contributed by atoms with van der Waals surface area (Å²) in [5.41, 5.74) is 2.86. The van der Waals surface area contributed by atoms with Crippen LogP contribution in [0.5, 0.6) is 0 Å². The predicted molar refractivity (Wildman–Crippen MR) is 98.3 cm³/mol. The van der Waals surface area contributed by atoms with Gasteiger partial charge in [-0.3, -0.25) is 19.7 Å². The third-order valence-electron chi connectivity index (χ3n) is 4.93. The van der Waals surface area contributed by atoms with E-state index in [1.807, 2.05) is 42.6 Å². The van der Waals surface area contributed by atoms with E-state index < -0.39 is 0 Å². The van der Waals surface area contributed by atoms with E-state index in [9.17, 15) is 4.79 Å². The van der Waals surface area contributed by atoms with Crippen LogP contribution in [0.2, 0.25) is 0 Å². The van der Waals surface area contributed by atoms with Crippen molar-refractivity contribution >= 4 is 16.7 Å². The van der Waals surface area contributed by atoms with Crippen molar-refractivity contribution in [2.45, 2.75) is 19.4 Å². The molecule has 3 heterocycles. The molecule has 0 radical (unpaired) electrons. The zero-order chi connectivity index (χ0) is 17.1. The second-order valence-electron chi connectivity index (χ2n) is 6.67. The molecule has 4 heteroatoms. The van der Waals surface area contributed by atoms with E-state index in [2.05, 4.69) is 27.0 Å². The largest absolute Gasteiger partial charge is 0.299 e. The Bertz CT molecular complexity index is 870. The number of benzene rings is 1. The maximum Gasteiger partial charge on any atom is 0.184 e. The van der Waals surface area contributed by atoms with Crippen molar-refractivity contribution < 1.29 is 4.79 Å². The summed E-state index contributed by atoms with van der Waals surface area (Å²) >= 11 is 0. The van der Waals surface area contributed by atoms with Gasteiger partial charge in [-0.25, -0.2) is 0 Å². The van der Waals surface area contributed by atoms with E-state index >= 15 is 0 Å². The molecule has 0 saturated carbocycles. The van der Waals surface area contributed by atoms with Gasteiger partial charge in [0.15, 0.2) is 5.78 Å². The third-order valence-corrected chi connectivity index (χ3v) is 4.93. The number of carbonyl (C=O) groups is 1. The first kappa shape index (κ1) is 15.9. The van der Waals surface area contributed by atoms with Crippen LogP contribution >= 0.6 is 0 Å². The fourth-order valence-corrected chi connectivity index (χ4v) is 3.53. The van der Waals surface area contributed by atoms with Gasteiger partial charge in [0, 0.05) is 30.2 Å². The molecule has 25 heavy (non-hydrogen) atoms. The molecule has 4 rings (SSSR count). The van der Waals surface area contributed by atoms with Crippen LogP contribution in [0.1, 0.15) is 28.9 Å². The fraction of sp³-hybridized carbons (Fsp3) is 0.286. The number of nitrogens with zero attached hydrogens (tertiary/aromatic N) is 3. The molecule has 0 N–H and O–H groups in total. The standard InChI is InChI=1S/C21H21N3O/c25-21(20-7-3-4-10-22-20)17-8-11-24(12-9-17)15-16-13-18-5-1-2-6-19(18)23-14-16/h1-7,10,13-14,17H,8-9,11-12,15H2. The van der Waals surface area contributed by atoms with Crippen molar-refractivity contribution in [1.82, 2.24) is 14.9 Å². The molecule has 1 aliphatic rings. The Morgan fingerprint density at radius 3 is 2.64 bits per heavy atom. The summed E-state index contributed by atoms with van der Waals surface area (Å²) < 4.78 is 0. The summed E-state index contributed by atoms with van der Waals surface area (Å²) in [6, 6.07) is 15.9. The molecule has 0 bridgehead atoms. The first-order chi connectivity index (χ1) is 12.3. The average molecular weight is 331 g/mol. The minimum absolute atomic E-state index is 0.0980. The minimum atomic E-state index is 0.0980. The number of piperidine rings is 1. The maximum atomic E-state index is 12.5. The Labute approximate surface area is 147 Å². The second kappa shape index (κ2) is 7.11. The third kappa shape index (κ3) is 3.59. The zero-order valence-electron chi connectivity index (χ0n) is 14.1. The minimum Gasteiger partial charge on any atom is -0.299 e. The highest BCUT2D eigenvalue weighted by atomic mass is 16.1. The van der Waals surface area contributed by atoms with Crippen molar-refractivity contribution in [3.8, 4) is 0 Å². The Kier molecular flexibility index (Phi) is 4.53. The number of ketones is 1. The Balaban J connectivity index is 1.37. The fourth-order valence-electron chi connectivity index (χ4n) is 3.53. The van der Waals surface area contributed by atoms with E-state index in [0.717, 1.165) is 38.0 Å². The molecule has 3 aromatic rings. The van der Waals surface area contributed by atoms with Crippen LogP contribution in [0.25, 0.3) is 10.9 Å². The number of Topliss-reactive ketones (excluding diaryl/α,β-unsaturated/α-hetero) is 1. The number of rotatable bonds is 4. The van der Waals surface area contributed by atoms with Gasteiger partial charge >= 0.3 is 0 Å². The molecule has 0 aliphatic carbocycles. The summed E-state index contributed by atoms with van der Waals surface area (Å²) in [4.78, 5) is 23.7. The highest BCUT2D eigenvalue weighted by Gasteiger charge is 2.26. The highest BCUT2D eigenvalue weighted by molar-refractivity contribution is 5.96. The Hall–Kier alpha value is -2.59. The van der Waals surface area contributed by atoms with E-state index in [-0.39, 0.29) is 11.7 Å². The Morgan fingerprint density at radius 2 is 1.84 bits per heavy atom. The lowest BCUT2D eigenvalue weighted by Crippen LogP contribution is -2.36. The van der Waals surface area contributed by atoms with Gasteiger partial charge in [0.05, 0.1) is 5.52 Å². The van der Waals surface area contributed by atoms with Crippen molar-refractivity contribution in [1.29, 1.82) is 0 Å². The van der Waals surface area contributed by atoms with Gasteiger partial charge in [0.2, 0.25) is 0 Å². The van der Waals surface area contributed by atoms with Gasteiger partial charge in [-0.2, -0.15) is 0 Å². The van der Waals surface area contributed by atoms with Crippen LogP contribution in [-0.4, -0.2) is 33.7 Å². The van der Waals surface area contributed by atoms with E-state index in [1.165, 1.54) is 10.9 Å². The highest BCUT2D eigenvalue weighted by Crippen LogP contribution is 2.23. The monoisotopic (exact) mass is 331 g/mol. The van der Waals surface area contributed by atoms with Crippen molar-refractivity contribution in [3.63, 3.8) is 0 Å².